The highest BCUT2D eigenvalue weighted by molar-refractivity contribution is 7.90. The summed E-state index contributed by atoms with van der Waals surface area (Å²) in [4.78, 5) is 77.7. The normalized spacial score (nSPS) is 17.6. The number of carbonyl (C=O) groups excluding carboxylic acids is 5. The Morgan fingerprint density at radius 3 is 2.21 bits per heavy atom. The van der Waals surface area contributed by atoms with Crippen molar-refractivity contribution in [3.05, 3.63) is 113 Å². The minimum absolute atomic E-state index is 0.0142. The zero-order chi connectivity index (χ0) is 50.8. The molecule has 71 heavy (non-hydrogen) atoms. The van der Waals surface area contributed by atoms with Gasteiger partial charge >= 0.3 is 22.4 Å². The highest BCUT2D eigenvalue weighted by Gasteiger charge is 2.42. The maximum absolute atomic E-state index is 15.9. The number of piperidine rings is 2. The number of ketones is 1. The summed E-state index contributed by atoms with van der Waals surface area (Å²) in [5.41, 5.74) is 0.774. The third kappa shape index (κ3) is 11.5. The van der Waals surface area contributed by atoms with E-state index in [0.717, 1.165) is 34.5 Å². The molecule has 3 fully saturated rings. The van der Waals surface area contributed by atoms with Crippen molar-refractivity contribution >= 4 is 62.1 Å². The summed E-state index contributed by atoms with van der Waals surface area (Å²) in [5, 5.41) is 5.33. The zero-order valence-corrected chi connectivity index (χ0v) is 39.4. The van der Waals surface area contributed by atoms with Crippen LogP contribution < -0.4 is 20.2 Å². The first kappa shape index (κ1) is 50.6. The van der Waals surface area contributed by atoms with E-state index < -0.39 is 68.3 Å². The van der Waals surface area contributed by atoms with Gasteiger partial charge in [0.15, 0.2) is 11.5 Å². The van der Waals surface area contributed by atoms with Gasteiger partial charge in [-0.15, -0.1) is 0 Å². The van der Waals surface area contributed by atoms with Crippen LogP contribution >= 0.6 is 0 Å². The van der Waals surface area contributed by atoms with Crippen LogP contribution in [-0.4, -0.2) is 138 Å². The fraction of sp³-hybridized carbons (Fsp3) is 0.375. The van der Waals surface area contributed by atoms with Crippen molar-refractivity contribution in [1.29, 1.82) is 0 Å². The highest BCUT2D eigenvalue weighted by atomic mass is 32.2. The minimum atomic E-state index is -5.45. The van der Waals surface area contributed by atoms with Gasteiger partial charge in [-0.05, 0) is 72.2 Å². The lowest BCUT2D eigenvalue weighted by Gasteiger charge is -2.37. The molecule has 3 aliphatic rings. The lowest BCUT2D eigenvalue weighted by molar-refractivity contribution is -0.199. The predicted octanol–water partition coefficient (Wildman–Crippen LogP) is 5.08. The second-order valence-corrected chi connectivity index (χ2v) is 19.4. The van der Waals surface area contributed by atoms with Gasteiger partial charge in [0.25, 0.3) is 0 Å². The number of nitrogens with one attached hydrogen (secondary N) is 3. The zero-order valence-electron chi connectivity index (χ0n) is 38.6. The number of anilines is 2. The molecule has 23 heteroatoms. The van der Waals surface area contributed by atoms with Gasteiger partial charge in [-0.3, -0.25) is 39.0 Å². The van der Waals surface area contributed by atoms with Gasteiger partial charge in [0, 0.05) is 88.7 Å². The first-order valence-electron chi connectivity index (χ1n) is 22.9. The summed E-state index contributed by atoms with van der Waals surface area (Å²) in [6, 6.07) is 17.5. The van der Waals surface area contributed by atoms with Crippen molar-refractivity contribution in [2.24, 2.45) is 0 Å². The van der Waals surface area contributed by atoms with E-state index in [9.17, 15) is 45.6 Å². The number of imide groups is 1. The fourth-order valence-corrected chi connectivity index (χ4v) is 9.72. The molecule has 5 aromatic rings. The predicted molar refractivity (Wildman–Crippen MR) is 250 cm³/mol. The molecule has 376 valence electrons. The number of benzene rings is 3. The molecule has 0 radical (unpaired) electrons. The molecule has 5 heterocycles. The van der Waals surface area contributed by atoms with Gasteiger partial charge in [0.2, 0.25) is 23.5 Å². The molecule has 0 aliphatic carbocycles. The summed E-state index contributed by atoms with van der Waals surface area (Å²) < 4.78 is 99.3. The molecular formula is C48H50F5N9O8S. The number of likely N-dealkylation sites (tertiary alicyclic amines) is 1. The minimum Gasteiger partial charge on any atom is -0.374 e. The van der Waals surface area contributed by atoms with Gasteiger partial charge in [0.05, 0.1) is 29.6 Å². The van der Waals surface area contributed by atoms with Gasteiger partial charge in [-0.1, -0.05) is 43.3 Å². The Bertz CT molecular complexity index is 2960. The molecule has 2 aromatic heterocycles. The molecule has 0 saturated carbocycles. The molecule has 3 saturated heterocycles. The SMILES string of the molecule is CCN(C)S(=O)(=O)Nc1ccc(F)c(C(=O)c2cn(OC(=O)C(F)(F)F)c3ncc(-c4ccc(CN5CCN(CC(=O)N6CCC(c7ccc(NC8CCC(=O)NC8=O)cc7)CC6)CC5)cc4)cc23)c1F. The first-order chi connectivity index (χ1) is 33.8. The van der Waals surface area contributed by atoms with E-state index in [-0.39, 0.29) is 34.4 Å². The summed E-state index contributed by atoms with van der Waals surface area (Å²) >= 11 is 0. The Morgan fingerprint density at radius 1 is 0.887 bits per heavy atom. The van der Waals surface area contributed by atoms with Crippen molar-refractivity contribution in [3.63, 3.8) is 0 Å². The van der Waals surface area contributed by atoms with Crippen LogP contribution in [-0.2, 0) is 35.9 Å². The van der Waals surface area contributed by atoms with Crippen LogP contribution in [0.3, 0.4) is 0 Å². The summed E-state index contributed by atoms with van der Waals surface area (Å²) in [6.07, 6.45) is -1.13. The van der Waals surface area contributed by atoms with E-state index >= 15 is 8.78 Å². The van der Waals surface area contributed by atoms with Crippen LogP contribution in [0.25, 0.3) is 22.2 Å². The van der Waals surface area contributed by atoms with Crippen molar-refractivity contribution in [2.75, 3.05) is 69.4 Å². The molecule has 8 rings (SSSR count). The van der Waals surface area contributed by atoms with Gasteiger partial charge < -0.3 is 15.1 Å². The Morgan fingerprint density at radius 2 is 1.56 bits per heavy atom. The number of halogens is 5. The van der Waals surface area contributed by atoms with Crippen LogP contribution in [0.4, 0.5) is 33.3 Å². The number of hydrogen-bond donors (Lipinski definition) is 3. The Labute approximate surface area is 405 Å². The maximum atomic E-state index is 15.9. The molecule has 0 spiro atoms. The number of hydrogen-bond acceptors (Lipinski definition) is 12. The third-order valence-corrected chi connectivity index (χ3v) is 14.6. The molecule has 1 atom stereocenters. The summed E-state index contributed by atoms with van der Waals surface area (Å²) in [6.45, 7) is 6.52. The number of piperazine rings is 1. The van der Waals surface area contributed by atoms with E-state index in [0.29, 0.717) is 94.5 Å². The van der Waals surface area contributed by atoms with Gasteiger partial charge in [-0.2, -0.15) is 30.6 Å². The lowest BCUT2D eigenvalue weighted by Crippen LogP contribution is -2.50. The molecule has 0 bridgehead atoms. The van der Waals surface area contributed by atoms with Crippen molar-refractivity contribution in [3.8, 4) is 11.1 Å². The number of fused-ring (bicyclic) bond motifs is 1. The van der Waals surface area contributed by atoms with Crippen LogP contribution in [0.5, 0.6) is 0 Å². The quantitative estimate of drug-likeness (QED) is 0.0717. The molecule has 3 aromatic carbocycles. The molecular weight excluding hydrogens is 958 g/mol. The number of pyridine rings is 1. The Hall–Kier alpha value is -6.82. The van der Waals surface area contributed by atoms with Crippen LogP contribution in [0, 0.1) is 11.6 Å². The Kier molecular flexibility index (Phi) is 14.9. The van der Waals surface area contributed by atoms with E-state index in [1.54, 1.807) is 12.1 Å². The molecule has 1 unspecified atom stereocenters. The maximum Gasteiger partial charge on any atom is 0.493 e. The number of nitrogens with zero attached hydrogens (tertiary/aromatic N) is 6. The Balaban J connectivity index is 0.874. The van der Waals surface area contributed by atoms with Gasteiger partial charge in [0.1, 0.15) is 11.9 Å². The molecule has 3 amide bonds. The fourth-order valence-electron chi connectivity index (χ4n) is 8.79. The van der Waals surface area contributed by atoms with E-state index in [1.165, 1.54) is 31.8 Å². The van der Waals surface area contributed by atoms with Crippen molar-refractivity contribution in [1.82, 2.24) is 34.0 Å². The molecule has 3 N–H and O–H groups in total. The number of rotatable bonds is 15. The lowest BCUT2D eigenvalue weighted by atomic mass is 9.89. The number of carbonyl (C=O) groups is 5. The third-order valence-electron chi connectivity index (χ3n) is 13.0. The van der Waals surface area contributed by atoms with Crippen molar-refractivity contribution < 1.29 is 59.2 Å². The average molecular weight is 1010 g/mol. The topological polar surface area (TPSA) is 196 Å². The monoisotopic (exact) mass is 1010 g/mol. The van der Waals surface area contributed by atoms with E-state index in [1.807, 2.05) is 46.0 Å². The smallest absolute Gasteiger partial charge is 0.374 e. The largest absolute Gasteiger partial charge is 0.493 e. The number of aromatic nitrogens is 2. The van der Waals surface area contributed by atoms with E-state index in [2.05, 4.69) is 30.3 Å². The van der Waals surface area contributed by atoms with Crippen LogP contribution in [0.1, 0.15) is 65.6 Å². The standard InChI is InChI=1S/C48H50F5N9O8S/c1-3-58(2)71(68,69)57-38-13-12-37(49)42(43(38)50)44(65)36-27-62(70-47(67)48(51,52)53)45-35(36)24-33(25-54-45)31-6-4-29(5-7-31)26-59-20-22-60(23-21-59)28-41(64)61-18-16-32(17-19-61)30-8-10-34(11-9-30)55-39-14-15-40(63)56-46(39)66/h4-13,24-25,27,32,39,55,57H,3,14-23,26,28H2,1-2H3,(H,56,63,66). The van der Waals surface area contributed by atoms with Gasteiger partial charge in [-0.25, -0.2) is 18.6 Å². The van der Waals surface area contributed by atoms with Crippen LogP contribution in [0.15, 0.2) is 79.1 Å². The van der Waals surface area contributed by atoms with Crippen molar-refractivity contribution in [2.45, 2.75) is 57.3 Å². The number of amides is 3. The van der Waals surface area contributed by atoms with E-state index in [4.69, 9.17) is 0 Å². The molecule has 3 aliphatic heterocycles. The highest BCUT2D eigenvalue weighted by Crippen LogP contribution is 2.33. The second kappa shape index (κ2) is 20.9. The summed E-state index contributed by atoms with van der Waals surface area (Å²) in [5.74, 6) is -7.24. The van der Waals surface area contributed by atoms with Crippen LogP contribution in [0.2, 0.25) is 0 Å². The second-order valence-electron chi connectivity index (χ2n) is 17.6. The average Bonchev–Trinajstić information content (AvgIpc) is 3.71. The molecule has 17 nitrogen and oxygen atoms in total. The summed E-state index contributed by atoms with van der Waals surface area (Å²) in [7, 11) is -3.13. The first-order valence-corrected chi connectivity index (χ1v) is 24.3. The number of alkyl halides is 3.